The summed E-state index contributed by atoms with van der Waals surface area (Å²) in [6.07, 6.45) is 1.44. The molecule has 112 valence electrons. The molecule has 1 aromatic carbocycles. The molecule has 0 spiro atoms. The highest BCUT2D eigenvalue weighted by Gasteiger charge is 2.20. The van der Waals surface area contributed by atoms with Crippen LogP contribution in [0.5, 0.6) is 0 Å². The predicted octanol–water partition coefficient (Wildman–Crippen LogP) is 0.555. The van der Waals surface area contributed by atoms with E-state index in [0.717, 1.165) is 39.0 Å². The fourth-order valence-corrected chi connectivity index (χ4v) is 2.70. The lowest BCUT2D eigenvalue weighted by Crippen LogP contribution is -2.45. The predicted molar refractivity (Wildman–Crippen MR) is 82.7 cm³/mol. The summed E-state index contributed by atoms with van der Waals surface area (Å²) in [5.74, 6) is 0. The summed E-state index contributed by atoms with van der Waals surface area (Å²) in [6, 6.07) is 9.96. The van der Waals surface area contributed by atoms with E-state index >= 15 is 0 Å². The Morgan fingerprint density at radius 3 is 2.65 bits per heavy atom. The van der Waals surface area contributed by atoms with Crippen LogP contribution in [0.4, 0.5) is 0 Å². The molecule has 0 saturated carbocycles. The van der Waals surface area contributed by atoms with E-state index in [0.29, 0.717) is 6.54 Å². The molecule has 1 aromatic rings. The summed E-state index contributed by atoms with van der Waals surface area (Å²) in [5.41, 5.74) is 7.34. The molecule has 1 aliphatic heterocycles. The molecule has 0 aliphatic carbocycles. The Labute approximate surface area is 122 Å². The van der Waals surface area contributed by atoms with Crippen LogP contribution in [0.2, 0.25) is 0 Å². The second-order valence-electron chi connectivity index (χ2n) is 5.88. The summed E-state index contributed by atoms with van der Waals surface area (Å²) in [4.78, 5) is 4.68. The van der Waals surface area contributed by atoms with E-state index in [1.165, 1.54) is 5.56 Å². The van der Waals surface area contributed by atoms with Crippen molar-refractivity contribution in [3.8, 4) is 0 Å². The average Bonchev–Trinajstić information content (AvgIpc) is 2.65. The maximum atomic E-state index is 10.3. The smallest absolute Gasteiger partial charge is 0.0820 e. The van der Waals surface area contributed by atoms with Crippen molar-refractivity contribution in [1.29, 1.82) is 0 Å². The number of nitrogens with zero attached hydrogens (tertiary/aromatic N) is 2. The monoisotopic (exact) mass is 277 g/mol. The van der Waals surface area contributed by atoms with Crippen molar-refractivity contribution in [3.63, 3.8) is 0 Å². The Kier molecular flexibility index (Phi) is 5.98. The maximum Gasteiger partial charge on any atom is 0.0820 e. The van der Waals surface area contributed by atoms with Gasteiger partial charge in [-0.3, -0.25) is 4.90 Å². The van der Waals surface area contributed by atoms with Gasteiger partial charge in [0.25, 0.3) is 0 Å². The number of rotatable bonds is 5. The Morgan fingerprint density at radius 2 is 1.90 bits per heavy atom. The van der Waals surface area contributed by atoms with Crippen molar-refractivity contribution in [2.75, 3.05) is 39.8 Å². The molecule has 4 nitrogen and oxygen atoms in total. The Hall–Kier alpha value is -0.940. The Balaban J connectivity index is 1.80. The summed E-state index contributed by atoms with van der Waals surface area (Å²) in [7, 11) is 2.15. The SMILES string of the molecule is CN1CCCN(CC(O)C(N)Cc2ccccc2)CC1. The highest BCUT2D eigenvalue weighted by atomic mass is 16.3. The Morgan fingerprint density at radius 1 is 1.15 bits per heavy atom. The van der Waals surface area contributed by atoms with Crippen LogP contribution in [-0.4, -0.2) is 66.8 Å². The second kappa shape index (κ2) is 7.74. The van der Waals surface area contributed by atoms with E-state index in [4.69, 9.17) is 5.73 Å². The van der Waals surface area contributed by atoms with Gasteiger partial charge < -0.3 is 15.7 Å². The summed E-state index contributed by atoms with van der Waals surface area (Å²) < 4.78 is 0. The highest BCUT2D eigenvalue weighted by Crippen LogP contribution is 2.07. The minimum Gasteiger partial charge on any atom is -0.390 e. The largest absolute Gasteiger partial charge is 0.390 e. The number of nitrogens with two attached hydrogens (primary N) is 1. The molecule has 1 saturated heterocycles. The molecule has 1 aliphatic rings. The van der Waals surface area contributed by atoms with Gasteiger partial charge >= 0.3 is 0 Å². The van der Waals surface area contributed by atoms with Gasteiger partial charge in [0, 0.05) is 25.7 Å². The van der Waals surface area contributed by atoms with E-state index in [1.807, 2.05) is 18.2 Å². The van der Waals surface area contributed by atoms with E-state index < -0.39 is 6.10 Å². The minimum atomic E-state index is -0.460. The summed E-state index contributed by atoms with van der Waals surface area (Å²) >= 11 is 0. The quantitative estimate of drug-likeness (QED) is 0.825. The molecule has 1 fully saturated rings. The van der Waals surface area contributed by atoms with Crippen molar-refractivity contribution in [1.82, 2.24) is 9.80 Å². The molecule has 2 unspecified atom stereocenters. The van der Waals surface area contributed by atoms with Crippen molar-refractivity contribution in [2.24, 2.45) is 5.73 Å². The van der Waals surface area contributed by atoms with E-state index in [-0.39, 0.29) is 6.04 Å². The summed E-state index contributed by atoms with van der Waals surface area (Å²) in [6.45, 7) is 4.97. The fraction of sp³-hybridized carbons (Fsp3) is 0.625. The highest BCUT2D eigenvalue weighted by molar-refractivity contribution is 5.16. The van der Waals surface area contributed by atoms with Gasteiger partial charge in [-0.1, -0.05) is 30.3 Å². The normalized spacial score (nSPS) is 21.4. The standard InChI is InChI=1S/C16H27N3O/c1-18-8-5-9-19(11-10-18)13-16(20)15(17)12-14-6-3-2-4-7-14/h2-4,6-7,15-16,20H,5,8-13,17H2,1H3. The topological polar surface area (TPSA) is 52.7 Å². The molecule has 0 aromatic heterocycles. The van der Waals surface area contributed by atoms with E-state index in [2.05, 4.69) is 29.0 Å². The van der Waals surface area contributed by atoms with E-state index in [1.54, 1.807) is 0 Å². The van der Waals surface area contributed by atoms with Gasteiger partial charge in [-0.05, 0) is 38.5 Å². The van der Waals surface area contributed by atoms with Gasteiger partial charge in [0.2, 0.25) is 0 Å². The molecule has 4 heteroatoms. The number of hydrogen-bond acceptors (Lipinski definition) is 4. The fourth-order valence-electron chi connectivity index (χ4n) is 2.70. The molecule has 2 rings (SSSR count). The lowest BCUT2D eigenvalue weighted by atomic mass is 10.0. The zero-order valence-electron chi connectivity index (χ0n) is 12.4. The molecular formula is C16H27N3O. The number of aliphatic hydroxyl groups is 1. The number of hydrogen-bond donors (Lipinski definition) is 2. The van der Waals surface area contributed by atoms with Crippen LogP contribution in [0.25, 0.3) is 0 Å². The molecule has 0 bridgehead atoms. The molecule has 0 radical (unpaired) electrons. The van der Waals surface area contributed by atoms with Gasteiger partial charge in [0.15, 0.2) is 0 Å². The van der Waals surface area contributed by atoms with Crippen LogP contribution in [0.15, 0.2) is 30.3 Å². The van der Waals surface area contributed by atoms with Crippen molar-refractivity contribution >= 4 is 0 Å². The van der Waals surface area contributed by atoms with Gasteiger partial charge in [0.1, 0.15) is 0 Å². The van der Waals surface area contributed by atoms with E-state index in [9.17, 15) is 5.11 Å². The molecule has 3 N–H and O–H groups in total. The first-order chi connectivity index (χ1) is 9.65. The maximum absolute atomic E-state index is 10.3. The molecular weight excluding hydrogens is 250 g/mol. The van der Waals surface area contributed by atoms with Crippen LogP contribution >= 0.6 is 0 Å². The summed E-state index contributed by atoms with van der Waals surface area (Å²) in [5, 5.41) is 10.3. The lowest BCUT2D eigenvalue weighted by Gasteiger charge is -2.26. The minimum absolute atomic E-state index is 0.196. The van der Waals surface area contributed by atoms with Crippen molar-refractivity contribution in [3.05, 3.63) is 35.9 Å². The zero-order chi connectivity index (χ0) is 14.4. The molecule has 1 heterocycles. The third-order valence-corrected chi connectivity index (χ3v) is 4.07. The van der Waals surface area contributed by atoms with Gasteiger partial charge in [-0.15, -0.1) is 0 Å². The first-order valence-corrected chi connectivity index (χ1v) is 7.53. The lowest BCUT2D eigenvalue weighted by molar-refractivity contribution is 0.0926. The first kappa shape index (κ1) is 15.4. The second-order valence-corrected chi connectivity index (χ2v) is 5.88. The van der Waals surface area contributed by atoms with Crippen LogP contribution in [0.3, 0.4) is 0 Å². The first-order valence-electron chi connectivity index (χ1n) is 7.53. The van der Waals surface area contributed by atoms with Crippen LogP contribution in [0.1, 0.15) is 12.0 Å². The van der Waals surface area contributed by atoms with Gasteiger partial charge in [-0.2, -0.15) is 0 Å². The molecule has 2 atom stereocenters. The number of β-amino-alcohol motifs (C(OH)–C–C–N with tert-alkyl or cyclic N) is 1. The third kappa shape index (κ3) is 4.87. The number of likely N-dealkylation sites (N-methyl/N-ethyl adjacent to an activating group) is 1. The Bertz CT molecular complexity index is 385. The molecule has 20 heavy (non-hydrogen) atoms. The van der Waals surface area contributed by atoms with Gasteiger partial charge in [0.05, 0.1) is 6.10 Å². The number of benzene rings is 1. The average molecular weight is 277 g/mol. The zero-order valence-corrected chi connectivity index (χ0v) is 12.4. The molecule has 0 amide bonds. The van der Waals surface area contributed by atoms with Crippen molar-refractivity contribution < 1.29 is 5.11 Å². The third-order valence-electron chi connectivity index (χ3n) is 4.07. The van der Waals surface area contributed by atoms with Crippen LogP contribution in [-0.2, 0) is 6.42 Å². The van der Waals surface area contributed by atoms with Crippen LogP contribution < -0.4 is 5.73 Å². The van der Waals surface area contributed by atoms with Crippen molar-refractivity contribution in [2.45, 2.75) is 25.0 Å². The van der Waals surface area contributed by atoms with Gasteiger partial charge in [-0.25, -0.2) is 0 Å². The van der Waals surface area contributed by atoms with Crippen LogP contribution in [0, 0.1) is 0 Å². The number of aliphatic hydroxyl groups excluding tert-OH is 1.